The summed E-state index contributed by atoms with van der Waals surface area (Å²) in [7, 11) is 1.66. The number of ether oxygens (including phenoxy) is 3. The van der Waals surface area contributed by atoms with E-state index in [1.807, 2.05) is 0 Å². The Labute approximate surface area is 166 Å². The molecule has 0 aliphatic carbocycles. The highest BCUT2D eigenvalue weighted by Gasteiger charge is 2.31. The fourth-order valence-electron chi connectivity index (χ4n) is 3.06. The zero-order valence-corrected chi connectivity index (χ0v) is 16.2. The van der Waals surface area contributed by atoms with Crippen molar-refractivity contribution in [2.45, 2.75) is 32.6 Å². The summed E-state index contributed by atoms with van der Waals surface area (Å²) in [6, 6.07) is 9.88. The first kappa shape index (κ1) is 20.2. The zero-order valence-electron chi connectivity index (χ0n) is 15.5. The summed E-state index contributed by atoms with van der Waals surface area (Å²) < 4.78 is 40.6. The lowest BCUT2D eigenvalue weighted by Gasteiger charge is -2.21. The van der Waals surface area contributed by atoms with Crippen LogP contribution in [0.2, 0.25) is 5.02 Å². The quantitative estimate of drug-likeness (QED) is 0.681. The van der Waals surface area contributed by atoms with Crippen LogP contribution in [-0.2, 0) is 17.8 Å². The van der Waals surface area contributed by atoms with Gasteiger partial charge in [0, 0.05) is 25.0 Å². The SMILES string of the molecule is CCOc1cc(CN(C)C(=O)C2Cc3cc(Cl)ccc3O2)ccc1OC(F)F. The summed E-state index contributed by atoms with van der Waals surface area (Å²) in [5, 5.41) is 0.596. The van der Waals surface area contributed by atoms with E-state index in [1.165, 1.54) is 11.0 Å². The second kappa shape index (κ2) is 8.65. The van der Waals surface area contributed by atoms with Crippen molar-refractivity contribution >= 4 is 17.5 Å². The molecule has 0 spiro atoms. The number of hydrogen-bond acceptors (Lipinski definition) is 4. The Hall–Kier alpha value is -2.54. The van der Waals surface area contributed by atoms with Crippen LogP contribution in [0.1, 0.15) is 18.1 Å². The van der Waals surface area contributed by atoms with Crippen LogP contribution >= 0.6 is 11.6 Å². The van der Waals surface area contributed by atoms with Crippen molar-refractivity contribution in [3.05, 3.63) is 52.5 Å². The van der Waals surface area contributed by atoms with Gasteiger partial charge in [-0.1, -0.05) is 17.7 Å². The Morgan fingerprint density at radius 1 is 1.29 bits per heavy atom. The van der Waals surface area contributed by atoms with Crippen LogP contribution in [0, 0.1) is 0 Å². The van der Waals surface area contributed by atoms with Crippen LogP contribution in [0.3, 0.4) is 0 Å². The highest BCUT2D eigenvalue weighted by molar-refractivity contribution is 6.30. The van der Waals surface area contributed by atoms with Crippen LogP contribution in [0.25, 0.3) is 0 Å². The van der Waals surface area contributed by atoms with Gasteiger partial charge in [0.05, 0.1) is 6.61 Å². The number of rotatable bonds is 7. The second-order valence-electron chi connectivity index (χ2n) is 6.35. The number of fused-ring (bicyclic) bond motifs is 1. The fraction of sp³-hybridized carbons (Fsp3) is 0.350. The van der Waals surface area contributed by atoms with Crippen molar-refractivity contribution in [3.8, 4) is 17.2 Å². The Balaban J connectivity index is 1.68. The maximum absolute atomic E-state index is 12.7. The fourth-order valence-corrected chi connectivity index (χ4v) is 3.26. The number of carbonyl (C=O) groups is 1. The minimum Gasteiger partial charge on any atom is -0.490 e. The van der Waals surface area contributed by atoms with Crippen molar-refractivity contribution in [3.63, 3.8) is 0 Å². The van der Waals surface area contributed by atoms with E-state index in [1.54, 1.807) is 44.3 Å². The molecule has 0 aromatic heterocycles. The predicted molar refractivity (Wildman–Crippen MR) is 100 cm³/mol. The molecule has 1 atom stereocenters. The molecule has 1 heterocycles. The van der Waals surface area contributed by atoms with Gasteiger partial charge in [-0.3, -0.25) is 4.79 Å². The number of hydrogen-bond donors (Lipinski definition) is 0. The molecule has 0 bridgehead atoms. The van der Waals surface area contributed by atoms with E-state index >= 15 is 0 Å². The van der Waals surface area contributed by atoms with Gasteiger partial charge in [0.15, 0.2) is 17.6 Å². The molecular weight excluding hydrogens is 392 g/mol. The van der Waals surface area contributed by atoms with Gasteiger partial charge in [-0.15, -0.1) is 0 Å². The van der Waals surface area contributed by atoms with E-state index in [0.717, 1.165) is 11.1 Å². The third-order valence-electron chi connectivity index (χ3n) is 4.29. The van der Waals surface area contributed by atoms with Crippen molar-refractivity contribution in [1.29, 1.82) is 0 Å². The van der Waals surface area contributed by atoms with Crippen LogP contribution in [-0.4, -0.2) is 37.2 Å². The molecular formula is C20H20ClF2NO4. The number of halogens is 3. The summed E-state index contributed by atoms with van der Waals surface area (Å²) in [5.74, 6) is 0.641. The van der Waals surface area contributed by atoms with E-state index < -0.39 is 12.7 Å². The molecule has 150 valence electrons. The molecule has 0 saturated heterocycles. The first-order valence-electron chi connectivity index (χ1n) is 8.78. The van der Waals surface area contributed by atoms with Crippen molar-refractivity contribution in [2.24, 2.45) is 0 Å². The Morgan fingerprint density at radius 3 is 2.79 bits per heavy atom. The minimum atomic E-state index is -2.94. The van der Waals surface area contributed by atoms with E-state index in [2.05, 4.69) is 4.74 Å². The van der Waals surface area contributed by atoms with Crippen LogP contribution in [0.15, 0.2) is 36.4 Å². The van der Waals surface area contributed by atoms with Gasteiger partial charge in [-0.2, -0.15) is 8.78 Å². The van der Waals surface area contributed by atoms with Crippen molar-refractivity contribution in [1.82, 2.24) is 4.90 Å². The smallest absolute Gasteiger partial charge is 0.387 e. The number of benzene rings is 2. The highest BCUT2D eigenvalue weighted by Crippen LogP contribution is 2.33. The molecule has 28 heavy (non-hydrogen) atoms. The minimum absolute atomic E-state index is 0.0407. The molecule has 5 nitrogen and oxygen atoms in total. The topological polar surface area (TPSA) is 48.0 Å². The molecule has 0 N–H and O–H groups in total. The van der Waals surface area contributed by atoms with E-state index in [9.17, 15) is 13.6 Å². The Morgan fingerprint density at radius 2 is 2.07 bits per heavy atom. The predicted octanol–water partition coefficient (Wildman–Crippen LogP) is 4.30. The largest absolute Gasteiger partial charge is 0.490 e. The molecule has 0 saturated carbocycles. The summed E-state index contributed by atoms with van der Waals surface area (Å²) in [4.78, 5) is 14.3. The second-order valence-corrected chi connectivity index (χ2v) is 6.79. The lowest BCUT2D eigenvalue weighted by molar-refractivity contribution is -0.137. The number of carbonyl (C=O) groups excluding carboxylic acids is 1. The average molecular weight is 412 g/mol. The Kier molecular flexibility index (Phi) is 6.24. The third-order valence-corrected chi connectivity index (χ3v) is 4.53. The molecule has 3 rings (SSSR count). The van der Waals surface area contributed by atoms with Gasteiger partial charge in [0.25, 0.3) is 5.91 Å². The maximum atomic E-state index is 12.7. The van der Waals surface area contributed by atoms with Crippen molar-refractivity contribution < 1.29 is 27.8 Å². The van der Waals surface area contributed by atoms with Gasteiger partial charge in [0.2, 0.25) is 0 Å². The molecule has 8 heteroatoms. The van der Waals surface area contributed by atoms with Gasteiger partial charge < -0.3 is 19.1 Å². The van der Waals surface area contributed by atoms with Gasteiger partial charge in [-0.05, 0) is 48.4 Å². The van der Waals surface area contributed by atoms with Crippen LogP contribution in [0.4, 0.5) is 8.78 Å². The van der Waals surface area contributed by atoms with Crippen molar-refractivity contribution in [2.75, 3.05) is 13.7 Å². The average Bonchev–Trinajstić information content (AvgIpc) is 3.06. The lowest BCUT2D eigenvalue weighted by Crippen LogP contribution is -2.38. The standard InChI is InChI=1S/C20H20ClF2NO4/c1-3-26-17-8-12(4-6-16(17)28-20(22)23)11-24(2)19(25)18-10-13-9-14(21)5-7-15(13)27-18/h4-9,18,20H,3,10-11H2,1-2H3. The number of alkyl halides is 2. The summed E-state index contributed by atoms with van der Waals surface area (Å²) in [6.07, 6.45) is -0.170. The first-order chi connectivity index (χ1) is 13.4. The first-order valence-corrected chi connectivity index (χ1v) is 9.15. The molecule has 2 aromatic rings. The zero-order chi connectivity index (χ0) is 20.3. The molecule has 0 fully saturated rings. The molecule has 1 unspecified atom stereocenters. The summed E-state index contributed by atoms with van der Waals surface area (Å²) >= 11 is 5.99. The normalized spacial score (nSPS) is 15.1. The van der Waals surface area contributed by atoms with Gasteiger partial charge in [-0.25, -0.2) is 0 Å². The third kappa shape index (κ3) is 4.65. The van der Waals surface area contributed by atoms with Gasteiger partial charge in [0.1, 0.15) is 5.75 Å². The van der Waals surface area contributed by atoms with E-state index in [0.29, 0.717) is 23.8 Å². The molecule has 1 amide bonds. The van der Waals surface area contributed by atoms with Gasteiger partial charge >= 0.3 is 6.61 Å². The van der Waals surface area contributed by atoms with Crippen LogP contribution in [0.5, 0.6) is 17.2 Å². The molecule has 0 radical (unpaired) electrons. The number of amides is 1. The molecule has 1 aliphatic heterocycles. The van der Waals surface area contributed by atoms with Crippen LogP contribution < -0.4 is 14.2 Å². The van der Waals surface area contributed by atoms with E-state index in [4.69, 9.17) is 21.1 Å². The highest BCUT2D eigenvalue weighted by atomic mass is 35.5. The number of nitrogens with zero attached hydrogens (tertiary/aromatic N) is 1. The summed E-state index contributed by atoms with van der Waals surface area (Å²) in [5.41, 5.74) is 1.62. The molecule has 1 aliphatic rings. The maximum Gasteiger partial charge on any atom is 0.387 e. The monoisotopic (exact) mass is 411 g/mol. The number of likely N-dealkylation sites (N-methyl/N-ethyl adjacent to an activating group) is 1. The molecule has 2 aromatic carbocycles. The summed E-state index contributed by atoms with van der Waals surface area (Å²) in [6.45, 7) is -0.626. The Bertz CT molecular complexity index is 862. The van der Waals surface area contributed by atoms with E-state index in [-0.39, 0.29) is 24.0 Å². The lowest BCUT2D eigenvalue weighted by atomic mass is 10.1.